The summed E-state index contributed by atoms with van der Waals surface area (Å²) in [5.74, 6) is -1.69. The number of carbonyl (C=O) groups excluding carboxylic acids is 2. The summed E-state index contributed by atoms with van der Waals surface area (Å²) in [5, 5.41) is 8.99. The van der Waals surface area contributed by atoms with Crippen LogP contribution in [-0.2, 0) is 14.4 Å². The van der Waals surface area contributed by atoms with Gasteiger partial charge >= 0.3 is 5.97 Å². The first-order valence-corrected chi connectivity index (χ1v) is 7.08. The minimum absolute atomic E-state index is 0.0773. The van der Waals surface area contributed by atoms with Crippen LogP contribution in [0.15, 0.2) is 0 Å². The molecule has 6 heteroatoms. The van der Waals surface area contributed by atoms with Gasteiger partial charge in [-0.15, -0.1) is 0 Å². The number of aliphatic carboxylic acids is 1. The number of amides is 2. The summed E-state index contributed by atoms with van der Waals surface area (Å²) >= 11 is 0. The summed E-state index contributed by atoms with van der Waals surface area (Å²) in [6, 6.07) is 0. The van der Waals surface area contributed by atoms with Crippen LogP contribution in [0.3, 0.4) is 0 Å². The number of hydrogen-bond donors (Lipinski definition) is 1. The molecule has 2 amide bonds. The Morgan fingerprint density at radius 1 is 1.15 bits per heavy atom. The average Bonchev–Trinajstić information content (AvgIpc) is 2.86. The van der Waals surface area contributed by atoms with Crippen LogP contribution in [0.5, 0.6) is 0 Å². The zero-order chi connectivity index (χ0) is 15.3. The van der Waals surface area contributed by atoms with E-state index in [1.54, 1.807) is 19.0 Å². The summed E-state index contributed by atoms with van der Waals surface area (Å²) in [7, 11) is 3.32. The van der Waals surface area contributed by atoms with Crippen LogP contribution in [-0.4, -0.2) is 59.9 Å². The highest BCUT2D eigenvalue weighted by molar-refractivity contribution is 5.86. The monoisotopic (exact) mass is 284 g/mol. The lowest BCUT2D eigenvalue weighted by molar-refractivity contribution is -0.143. The number of hydrogen-bond acceptors (Lipinski definition) is 3. The average molecular weight is 284 g/mol. The fourth-order valence-electron chi connectivity index (χ4n) is 2.53. The standard InChI is InChI=1S/C14H24N2O4/c1-4-7-16(9-12(17)15(2)3)13(18)10-5-6-11(8-10)14(19)20/h10-11H,4-9H2,1-3H3,(H,19,20). The van der Waals surface area contributed by atoms with Crippen LogP contribution in [0.1, 0.15) is 32.6 Å². The van der Waals surface area contributed by atoms with E-state index in [1.807, 2.05) is 6.92 Å². The molecule has 0 spiro atoms. The van der Waals surface area contributed by atoms with Crippen LogP contribution >= 0.6 is 0 Å². The van der Waals surface area contributed by atoms with Gasteiger partial charge in [0.2, 0.25) is 11.8 Å². The molecule has 0 aromatic carbocycles. The van der Waals surface area contributed by atoms with E-state index in [0.29, 0.717) is 25.8 Å². The smallest absolute Gasteiger partial charge is 0.306 e. The molecule has 2 unspecified atom stereocenters. The van der Waals surface area contributed by atoms with Gasteiger partial charge < -0.3 is 14.9 Å². The topological polar surface area (TPSA) is 77.9 Å². The van der Waals surface area contributed by atoms with Crippen LogP contribution in [0.4, 0.5) is 0 Å². The van der Waals surface area contributed by atoms with E-state index in [0.717, 1.165) is 6.42 Å². The molecule has 114 valence electrons. The first kappa shape index (κ1) is 16.5. The molecule has 20 heavy (non-hydrogen) atoms. The summed E-state index contributed by atoms with van der Waals surface area (Å²) in [5.41, 5.74) is 0. The van der Waals surface area contributed by atoms with E-state index in [9.17, 15) is 14.4 Å². The van der Waals surface area contributed by atoms with Gasteiger partial charge in [0.15, 0.2) is 0 Å². The van der Waals surface area contributed by atoms with Gasteiger partial charge in [-0.25, -0.2) is 0 Å². The molecule has 1 fully saturated rings. The highest BCUT2D eigenvalue weighted by Gasteiger charge is 2.36. The zero-order valence-electron chi connectivity index (χ0n) is 12.5. The lowest BCUT2D eigenvalue weighted by Crippen LogP contribution is -2.43. The SMILES string of the molecule is CCCN(CC(=O)N(C)C)C(=O)C1CCC(C(=O)O)C1. The number of likely N-dealkylation sites (N-methyl/N-ethyl adjacent to an activating group) is 1. The summed E-state index contributed by atoms with van der Waals surface area (Å²) in [4.78, 5) is 38.2. The largest absolute Gasteiger partial charge is 0.481 e. The third-order valence-electron chi connectivity index (χ3n) is 3.76. The minimum atomic E-state index is -0.827. The Morgan fingerprint density at radius 2 is 1.75 bits per heavy atom. The summed E-state index contributed by atoms with van der Waals surface area (Å²) in [6.45, 7) is 2.57. The molecule has 0 saturated heterocycles. The second-order valence-electron chi connectivity index (χ2n) is 5.59. The third-order valence-corrected chi connectivity index (χ3v) is 3.76. The molecule has 1 rings (SSSR count). The molecule has 0 radical (unpaired) electrons. The Balaban J connectivity index is 2.65. The zero-order valence-corrected chi connectivity index (χ0v) is 12.5. The van der Waals surface area contributed by atoms with Crippen molar-refractivity contribution in [1.82, 2.24) is 9.80 Å². The van der Waals surface area contributed by atoms with Crippen molar-refractivity contribution in [2.75, 3.05) is 27.2 Å². The van der Waals surface area contributed by atoms with Gasteiger partial charge in [-0.3, -0.25) is 14.4 Å². The van der Waals surface area contributed by atoms with Gasteiger partial charge in [0.1, 0.15) is 0 Å². The van der Waals surface area contributed by atoms with E-state index in [2.05, 4.69) is 0 Å². The van der Waals surface area contributed by atoms with Crippen molar-refractivity contribution in [3.63, 3.8) is 0 Å². The number of carboxylic acids is 1. The van der Waals surface area contributed by atoms with Crippen molar-refractivity contribution in [3.8, 4) is 0 Å². The Labute approximate surface area is 119 Å². The van der Waals surface area contributed by atoms with Crippen molar-refractivity contribution in [3.05, 3.63) is 0 Å². The van der Waals surface area contributed by atoms with Crippen molar-refractivity contribution < 1.29 is 19.5 Å². The van der Waals surface area contributed by atoms with Gasteiger partial charge in [-0.1, -0.05) is 6.92 Å². The molecule has 1 saturated carbocycles. The van der Waals surface area contributed by atoms with Crippen LogP contribution in [0.25, 0.3) is 0 Å². The Bertz CT molecular complexity index is 381. The fourth-order valence-corrected chi connectivity index (χ4v) is 2.53. The van der Waals surface area contributed by atoms with Crippen LogP contribution in [0.2, 0.25) is 0 Å². The lowest BCUT2D eigenvalue weighted by atomic mass is 10.0. The van der Waals surface area contributed by atoms with Crippen LogP contribution in [0, 0.1) is 11.8 Å². The molecule has 0 aromatic rings. The van der Waals surface area contributed by atoms with E-state index in [-0.39, 0.29) is 24.3 Å². The third kappa shape index (κ3) is 4.21. The molecule has 2 atom stereocenters. The second kappa shape index (κ2) is 7.26. The van der Waals surface area contributed by atoms with Gasteiger partial charge in [-0.05, 0) is 25.7 Å². The Morgan fingerprint density at radius 3 is 2.20 bits per heavy atom. The summed E-state index contributed by atoms with van der Waals surface area (Å²) < 4.78 is 0. The van der Waals surface area contributed by atoms with Crippen molar-refractivity contribution in [2.45, 2.75) is 32.6 Å². The molecule has 0 aliphatic heterocycles. The maximum atomic E-state index is 12.4. The molecule has 6 nitrogen and oxygen atoms in total. The van der Waals surface area contributed by atoms with Gasteiger partial charge in [0, 0.05) is 26.6 Å². The normalized spacial score (nSPS) is 21.6. The molecule has 0 bridgehead atoms. The molecular weight excluding hydrogens is 260 g/mol. The predicted octanol–water partition coefficient (Wildman–Crippen LogP) is 0.814. The Hall–Kier alpha value is -1.59. The maximum absolute atomic E-state index is 12.4. The van der Waals surface area contributed by atoms with Crippen molar-refractivity contribution >= 4 is 17.8 Å². The highest BCUT2D eigenvalue weighted by Crippen LogP contribution is 2.32. The maximum Gasteiger partial charge on any atom is 0.306 e. The first-order chi connectivity index (χ1) is 9.36. The minimum Gasteiger partial charge on any atom is -0.481 e. The molecule has 1 aliphatic rings. The molecule has 1 aliphatic carbocycles. The Kier molecular flexibility index (Phi) is 5.98. The number of carboxylic acid groups (broad SMARTS) is 1. The van der Waals surface area contributed by atoms with Gasteiger partial charge in [0.05, 0.1) is 12.5 Å². The highest BCUT2D eigenvalue weighted by atomic mass is 16.4. The van der Waals surface area contributed by atoms with Crippen molar-refractivity contribution in [1.29, 1.82) is 0 Å². The van der Waals surface area contributed by atoms with E-state index in [4.69, 9.17) is 5.11 Å². The number of carbonyl (C=O) groups is 3. The van der Waals surface area contributed by atoms with E-state index in [1.165, 1.54) is 4.90 Å². The van der Waals surface area contributed by atoms with Gasteiger partial charge in [-0.2, -0.15) is 0 Å². The molecule has 0 aromatic heterocycles. The van der Waals surface area contributed by atoms with Gasteiger partial charge in [0.25, 0.3) is 0 Å². The lowest BCUT2D eigenvalue weighted by Gasteiger charge is -2.26. The quantitative estimate of drug-likeness (QED) is 0.783. The summed E-state index contributed by atoms with van der Waals surface area (Å²) in [6.07, 6.45) is 2.32. The number of rotatable bonds is 6. The fraction of sp³-hybridized carbons (Fsp3) is 0.786. The first-order valence-electron chi connectivity index (χ1n) is 7.08. The van der Waals surface area contributed by atoms with E-state index >= 15 is 0 Å². The van der Waals surface area contributed by atoms with E-state index < -0.39 is 11.9 Å². The van der Waals surface area contributed by atoms with Crippen molar-refractivity contribution in [2.24, 2.45) is 11.8 Å². The second-order valence-corrected chi connectivity index (χ2v) is 5.59. The van der Waals surface area contributed by atoms with Crippen LogP contribution < -0.4 is 0 Å². The predicted molar refractivity (Wildman–Crippen MR) is 74.0 cm³/mol. The molecular formula is C14H24N2O4. The molecule has 0 heterocycles. The molecule has 1 N–H and O–H groups in total. The number of nitrogens with zero attached hydrogens (tertiary/aromatic N) is 2.